The fourth-order valence-electron chi connectivity index (χ4n) is 2.56. The van der Waals surface area contributed by atoms with Crippen LogP contribution in [0.2, 0.25) is 0 Å². The predicted octanol–water partition coefficient (Wildman–Crippen LogP) is -2.03. The lowest BCUT2D eigenvalue weighted by Gasteiger charge is -2.35. The SMILES string of the molecule is CC(C(=O)NC(C(N)=O)N1CCOCC1)N1CCOCC1. The molecular weight excluding hydrogens is 276 g/mol. The Morgan fingerprint density at radius 2 is 1.48 bits per heavy atom. The van der Waals surface area contributed by atoms with Crippen molar-refractivity contribution in [1.29, 1.82) is 0 Å². The smallest absolute Gasteiger partial charge is 0.255 e. The number of morpholine rings is 2. The highest BCUT2D eigenvalue weighted by molar-refractivity contribution is 5.88. The Hall–Kier alpha value is -1.22. The molecule has 2 aliphatic heterocycles. The molecule has 21 heavy (non-hydrogen) atoms. The standard InChI is InChI=1S/C13H24N4O4/c1-10(16-2-6-20-7-3-16)13(19)15-12(11(14)18)17-4-8-21-9-5-17/h10,12H,2-9H2,1H3,(H2,14,18)(H,15,19). The molecular formula is C13H24N4O4. The number of nitrogens with zero attached hydrogens (tertiary/aromatic N) is 2. The Morgan fingerprint density at radius 1 is 1.00 bits per heavy atom. The van der Waals surface area contributed by atoms with E-state index in [1.54, 1.807) is 0 Å². The summed E-state index contributed by atoms with van der Waals surface area (Å²) in [4.78, 5) is 27.8. The first-order chi connectivity index (χ1) is 10.1. The van der Waals surface area contributed by atoms with Gasteiger partial charge < -0.3 is 20.5 Å². The fourth-order valence-corrected chi connectivity index (χ4v) is 2.56. The number of amides is 2. The molecule has 2 saturated heterocycles. The highest BCUT2D eigenvalue weighted by atomic mass is 16.5. The van der Waals surface area contributed by atoms with Gasteiger partial charge in [0.2, 0.25) is 5.91 Å². The van der Waals surface area contributed by atoms with Gasteiger partial charge in [0.05, 0.1) is 32.5 Å². The summed E-state index contributed by atoms with van der Waals surface area (Å²) in [6.45, 7) is 6.76. The average molecular weight is 300 g/mol. The molecule has 0 aromatic heterocycles. The first-order valence-electron chi connectivity index (χ1n) is 7.33. The number of hydrogen-bond acceptors (Lipinski definition) is 6. The topological polar surface area (TPSA) is 97.1 Å². The Labute approximate surface area is 124 Å². The number of nitrogens with one attached hydrogen (secondary N) is 1. The first-order valence-corrected chi connectivity index (χ1v) is 7.33. The van der Waals surface area contributed by atoms with Crippen molar-refractivity contribution < 1.29 is 19.1 Å². The average Bonchev–Trinajstić information content (AvgIpc) is 2.53. The third kappa shape index (κ3) is 4.37. The lowest BCUT2D eigenvalue weighted by Crippen LogP contribution is -2.61. The van der Waals surface area contributed by atoms with Gasteiger partial charge in [0, 0.05) is 26.2 Å². The van der Waals surface area contributed by atoms with Crippen LogP contribution in [0.1, 0.15) is 6.92 Å². The number of hydrogen-bond donors (Lipinski definition) is 2. The third-order valence-electron chi connectivity index (χ3n) is 3.93. The van der Waals surface area contributed by atoms with Gasteiger partial charge in [-0.3, -0.25) is 19.4 Å². The summed E-state index contributed by atoms with van der Waals surface area (Å²) < 4.78 is 10.5. The van der Waals surface area contributed by atoms with Crippen molar-refractivity contribution in [2.24, 2.45) is 5.73 Å². The van der Waals surface area contributed by atoms with Crippen LogP contribution in [0.4, 0.5) is 0 Å². The molecule has 0 aromatic carbocycles. The van der Waals surface area contributed by atoms with Crippen LogP contribution < -0.4 is 11.1 Å². The van der Waals surface area contributed by atoms with E-state index in [4.69, 9.17) is 15.2 Å². The van der Waals surface area contributed by atoms with Crippen LogP contribution in [-0.2, 0) is 19.1 Å². The molecule has 0 aromatic rings. The summed E-state index contributed by atoms with van der Waals surface area (Å²) in [5.41, 5.74) is 5.42. The van der Waals surface area contributed by atoms with E-state index in [1.165, 1.54) is 0 Å². The van der Waals surface area contributed by atoms with Crippen molar-refractivity contribution in [1.82, 2.24) is 15.1 Å². The third-order valence-corrected chi connectivity index (χ3v) is 3.93. The molecule has 2 rings (SSSR count). The van der Waals surface area contributed by atoms with Crippen molar-refractivity contribution in [3.8, 4) is 0 Å². The maximum Gasteiger partial charge on any atom is 0.255 e. The minimum atomic E-state index is -0.773. The van der Waals surface area contributed by atoms with Crippen LogP contribution in [0.25, 0.3) is 0 Å². The van der Waals surface area contributed by atoms with Crippen molar-refractivity contribution in [2.75, 3.05) is 52.6 Å². The molecule has 0 aliphatic carbocycles. The van der Waals surface area contributed by atoms with E-state index >= 15 is 0 Å². The normalized spacial score (nSPS) is 24.2. The van der Waals surface area contributed by atoms with Crippen molar-refractivity contribution >= 4 is 11.8 Å². The molecule has 2 fully saturated rings. The summed E-state index contributed by atoms with van der Waals surface area (Å²) in [6, 6.07) is -0.309. The van der Waals surface area contributed by atoms with Crippen molar-refractivity contribution in [3.05, 3.63) is 0 Å². The Morgan fingerprint density at radius 3 is 1.95 bits per heavy atom. The van der Waals surface area contributed by atoms with Crippen LogP contribution in [-0.4, -0.2) is 86.4 Å². The predicted molar refractivity (Wildman–Crippen MR) is 75.4 cm³/mol. The van der Waals surface area contributed by atoms with Gasteiger partial charge in [-0.15, -0.1) is 0 Å². The Balaban J connectivity index is 1.92. The Kier molecular flexibility index (Phi) is 5.92. The quantitative estimate of drug-likeness (QED) is 0.607. The van der Waals surface area contributed by atoms with E-state index in [0.29, 0.717) is 52.6 Å². The second-order valence-electron chi connectivity index (χ2n) is 5.29. The molecule has 0 bridgehead atoms. The van der Waals surface area contributed by atoms with Gasteiger partial charge in [-0.25, -0.2) is 0 Å². The van der Waals surface area contributed by atoms with Gasteiger partial charge >= 0.3 is 0 Å². The van der Waals surface area contributed by atoms with Crippen molar-refractivity contribution in [2.45, 2.75) is 19.1 Å². The zero-order valence-electron chi connectivity index (χ0n) is 12.4. The molecule has 2 heterocycles. The molecule has 2 amide bonds. The molecule has 2 atom stereocenters. The second-order valence-corrected chi connectivity index (χ2v) is 5.29. The summed E-state index contributed by atoms with van der Waals surface area (Å²) in [6.07, 6.45) is -0.773. The van der Waals surface area contributed by atoms with Crippen LogP contribution in [0, 0.1) is 0 Å². The van der Waals surface area contributed by atoms with Gasteiger partial charge in [-0.2, -0.15) is 0 Å². The van der Waals surface area contributed by atoms with E-state index in [2.05, 4.69) is 5.32 Å². The molecule has 8 heteroatoms. The minimum Gasteiger partial charge on any atom is -0.379 e. The molecule has 120 valence electrons. The van der Waals surface area contributed by atoms with Crippen molar-refractivity contribution in [3.63, 3.8) is 0 Å². The van der Waals surface area contributed by atoms with E-state index in [-0.39, 0.29) is 11.9 Å². The van der Waals surface area contributed by atoms with E-state index in [9.17, 15) is 9.59 Å². The van der Waals surface area contributed by atoms with Crippen LogP contribution >= 0.6 is 0 Å². The molecule has 8 nitrogen and oxygen atoms in total. The molecule has 0 saturated carbocycles. The zero-order valence-corrected chi connectivity index (χ0v) is 12.4. The molecule has 2 aliphatic rings. The monoisotopic (exact) mass is 300 g/mol. The number of primary amides is 1. The van der Waals surface area contributed by atoms with Crippen LogP contribution in [0.5, 0.6) is 0 Å². The maximum atomic E-state index is 12.3. The van der Waals surface area contributed by atoms with Crippen LogP contribution in [0.15, 0.2) is 0 Å². The molecule has 2 unspecified atom stereocenters. The highest BCUT2D eigenvalue weighted by Gasteiger charge is 2.30. The number of carbonyl (C=O) groups is 2. The largest absolute Gasteiger partial charge is 0.379 e. The Bertz CT molecular complexity index is 367. The van der Waals surface area contributed by atoms with E-state index < -0.39 is 12.1 Å². The van der Waals surface area contributed by atoms with Gasteiger partial charge in [0.25, 0.3) is 5.91 Å². The van der Waals surface area contributed by atoms with E-state index in [0.717, 1.165) is 0 Å². The first kappa shape index (κ1) is 16.2. The molecule has 3 N–H and O–H groups in total. The summed E-state index contributed by atoms with van der Waals surface area (Å²) in [7, 11) is 0. The maximum absolute atomic E-state index is 12.3. The minimum absolute atomic E-state index is 0.188. The van der Waals surface area contributed by atoms with Crippen LogP contribution in [0.3, 0.4) is 0 Å². The molecule has 0 radical (unpaired) electrons. The number of ether oxygens (including phenoxy) is 2. The summed E-state index contributed by atoms with van der Waals surface area (Å²) in [5, 5.41) is 2.76. The van der Waals surface area contributed by atoms with Gasteiger partial charge in [0.1, 0.15) is 0 Å². The fraction of sp³-hybridized carbons (Fsp3) is 0.846. The van der Waals surface area contributed by atoms with E-state index in [1.807, 2.05) is 16.7 Å². The van der Waals surface area contributed by atoms with Gasteiger partial charge in [-0.1, -0.05) is 0 Å². The second kappa shape index (κ2) is 7.69. The molecule has 0 spiro atoms. The lowest BCUT2D eigenvalue weighted by atomic mass is 10.2. The summed E-state index contributed by atoms with van der Waals surface area (Å²) in [5.74, 6) is -0.730. The number of carbonyl (C=O) groups excluding carboxylic acids is 2. The lowest BCUT2D eigenvalue weighted by molar-refractivity contribution is -0.137. The zero-order chi connectivity index (χ0) is 15.2. The highest BCUT2D eigenvalue weighted by Crippen LogP contribution is 2.06. The summed E-state index contributed by atoms with van der Waals surface area (Å²) >= 11 is 0. The number of nitrogens with two attached hydrogens (primary N) is 1. The van der Waals surface area contributed by atoms with Gasteiger partial charge in [0.15, 0.2) is 6.17 Å². The van der Waals surface area contributed by atoms with Gasteiger partial charge in [-0.05, 0) is 6.92 Å². The number of rotatable bonds is 5.